The molecule has 0 radical (unpaired) electrons. The van der Waals surface area contributed by atoms with Crippen molar-refractivity contribution in [1.82, 2.24) is 10.2 Å². The Bertz CT molecular complexity index is 1070. The molecule has 0 fully saturated rings. The molecule has 0 bridgehead atoms. The van der Waals surface area contributed by atoms with E-state index in [1.165, 1.54) is 0 Å². The molecule has 2 aromatic carbocycles. The average molecular weight is 618 g/mol. The molecule has 0 amide bonds. The first-order valence-electron chi connectivity index (χ1n) is 12.9. The Labute approximate surface area is 248 Å². The van der Waals surface area contributed by atoms with Crippen LogP contribution in [0.5, 0.6) is 11.5 Å². The largest absolute Gasteiger partial charge is 0.508 e. The molecule has 2 rings (SSSR count). The lowest BCUT2D eigenvalue weighted by atomic mass is 9.96. The van der Waals surface area contributed by atoms with Gasteiger partial charge in [-0.1, -0.05) is 49.2 Å². The van der Waals surface area contributed by atoms with E-state index in [9.17, 15) is 19.5 Å². The Kier molecular flexibility index (Phi) is 16.8. The first-order chi connectivity index (χ1) is 18.9. The van der Waals surface area contributed by atoms with Gasteiger partial charge in [0.15, 0.2) is 6.29 Å². The zero-order valence-electron chi connectivity index (χ0n) is 23.7. The van der Waals surface area contributed by atoms with Crippen LogP contribution in [0.15, 0.2) is 30.3 Å². The molecule has 9 nitrogen and oxygen atoms in total. The van der Waals surface area contributed by atoms with E-state index < -0.39 is 12.1 Å². The van der Waals surface area contributed by atoms with E-state index in [1.54, 1.807) is 45.9 Å². The summed E-state index contributed by atoms with van der Waals surface area (Å²) in [7, 11) is 0.0857. The maximum atomic E-state index is 11.3. The van der Waals surface area contributed by atoms with Gasteiger partial charge in [0.05, 0.1) is 13.2 Å². The molecule has 0 saturated carbocycles. The van der Waals surface area contributed by atoms with E-state index in [1.807, 2.05) is 26.0 Å². The van der Waals surface area contributed by atoms with Crippen LogP contribution in [0.25, 0.3) is 0 Å². The van der Waals surface area contributed by atoms with Gasteiger partial charge in [0.25, 0.3) is 0 Å². The molecule has 0 aromatic heterocycles. The van der Waals surface area contributed by atoms with Crippen molar-refractivity contribution in [1.29, 1.82) is 0 Å². The predicted octanol–water partition coefficient (Wildman–Crippen LogP) is 5.57. The number of ether oxygens (including phenoxy) is 3. The van der Waals surface area contributed by atoms with Crippen LogP contribution in [0.4, 0.5) is 0 Å². The Hall–Kier alpha value is -2.42. The minimum Gasteiger partial charge on any atom is -0.508 e. The van der Waals surface area contributed by atoms with Crippen LogP contribution in [0, 0.1) is 0 Å². The number of esters is 2. The van der Waals surface area contributed by atoms with Crippen LogP contribution in [-0.4, -0.2) is 55.2 Å². The quantitative estimate of drug-likeness (QED) is 0.142. The Morgan fingerprint density at radius 2 is 1.48 bits per heavy atom. The van der Waals surface area contributed by atoms with Crippen LogP contribution in [-0.2, 0) is 30.3 Å². The maximum absolute atomic E-state index is 11.3. The molecule has 0 aliphatic heterocycles. The number of aldehydes is 1. The molecule has 222 valence electrons. The smallest absolute Gasteiger partial charge is 0.323 e. The molecule has 0 unspecified atom stereocenters. The van der Waals surface area contributed by atoms with Crippen molar-refractivity contribution in [3.63, 3.8) is 0 Å². The Balaban J connectivity index is 0.000000421. The van der Waals surface area contributed by atoms with E-state index in [0.29, 0.717) is 47.5 Å². The normalized spacial score (nSPS) is 12.1. The fourth-order valence-electron chi connectivity index (χ4n) is 3.25. The zero-order valence-corrected chi connectivity index (χ0v) is 26.2. The summed E-state index contributed by atoms with van der Waals surface area (Å²) in [5, 5.41) is 16.7. The molecule has 40 heavy (non-hydrogen) atoms. The van der Waals surface area contributed by atoms with Crippen molar-refractivity contribution in [2.45, 2.75) is 66.0 Å². The van der Waals surface area contributed by atoms with Crippen LogP contribution in [0.3, 0.4) is 0 Å². The summed E-state index contributed by atoms with van der Waals surface area (Å²) in [6.45, 7) is 11.7. The monoisotopic (exact) mass is 616 g/mol. The third-order valence-electron chi connectivity index (χ3n) is 5.39. The first kappa shape index (κ1) is 35.6. The second-order valence-corrected chi connectivity index (χ2v) is 10.6. The van der Waals surface area contributed by atoms with Crippen LogP contribution < -0.4 is 14.9 Å². The summed E-state index contributed by atoms with van der Waals surface area (Å²) in [4.78, 5) is 32.9. The number of halogens is 2. The van der Waals surface area contributed by atoms with Crippen molar-refractivity contribution in [2.24, 2.45) is 0 Å². The van der Waals surface area contributed by atoms with Gasteiger partial charge < -0.3 is 19.3 Å². The van der Waals surface area contributed by atoms with E-state index >= 15 is 0 Å². The van der Waals surface area contributed by atoms with Gasteiger partial charge in [-0.15, -0.1) is 0 Å². The Morgan fingerprint density at radius 3 is 1.93 bits per heavy atom. The van der Waals surface area contributed by atoms with Gasteiger partial charge in [0.2, 0.25) is 0 Å². The molecule has 0 aliphatic carbocycles. The van der Waals surface area contributed by atoms with E-state index in [4.69, 9.17) is 37.4 Å². The number of hydrogen-bond donors (Lipinski definition) is 3. The van der Waals surface area contributed by atoms with Gasteiger partial charge in [-0.05, 0) is 68.5 Å². The van der Waals surface area contributed by atoms with Gasteiger partial charge in [0.1, 0.15) is 30.2 Å². The topological polar surface area (TPSA) is 123 Å². The summed E-state index contributed by atoms with van der Waals surface area (Å²) in [5.41, 5.74) is 2.68. The lowest BCUT2D eigenvalue weighted by Gasteiger charge is -2.15. The van der Waals surface area contributed by atoms with Gasteiger partial charge >= 0.3 is 11.9 Å². The maximum Gasteiger partial charge on any atom is 0.323 e. The van der Waals surface area contributed by atoms with Gasteiger partial charge in [-0.3, -0.25) is 24.6 Å². The molecule has 0 saturated heterocycles. The predicted molar refractivity (Wildman–Crippen MR) is 160 cm³/mol. The fourth-order valence-corrected chi connectivity index (χ4v) is 4.61. The molecule has 0 aliphatic rings. The highest BCUT2D eigenvalue weighted by atomic mass is 35.5. The van der Waals surface area contributed by atoms with E-state index in [-0.39, 0.29) is 33.3 Å². The number of phenols is 1. The summed E-state index contributed by atoms with van der Waals surface area (Å²) >= 11 is 12.6. The molecule has 2 aromatic rings. The number of aromatic hydroxyl groups is 1. The van der Waals surface area contributed by atoms with E-state index in [2.05, 4.69) is 10.2 Å². The van der Waals surface area contributed by atoms with Gasteiger partial charge in [0, 0.05) is 25.3 Å². The Morgan fingerprint density at radius 1 is 0.950 bits per heavy atom. The summed E-state index contributed by atoms with van der Waals surface area (Å²) < 4.78 is 14.9. The molecular formula is C28H39Cl2N2O7P. The van der Waals surface area contributed by atoms with E-state index in [0.717, 1.165) is 16.7 Å². The number of nitrogens with one attached hydrogen (secondary N) is 2. The van der Waals surface area contributed by atoms with Crippen molar-refractivity contribution in [3.05, 3.63) is 57.1 Å². The first-order valence-corrected chi connectivity index (χ1v) is 14.7. The van der Waals surface area contributed by atoms with Gasteiger partial charge in [-0.2, -0.15) is 0 Å². The SMILES string of the molecule is CC(C)c1cc(Cc2c(Cl)cc(OCC=O)cc2Cl)ccc1O.CCOC(=O)[C@H](C)NPN[C@@H](C)C(=O)OCC. The summed E-state index contributed by atoms with van der Waals surface area (Å²) in [6, 6.07) is 8.01. The second kappa shape index (κ2) is 18.8. The van der Waals surface area contributed by atoms with Gasteiger partial charge in [-0.25, -0.2) is 0 Å². The summed E-state index contributed by atoms with van der Waals surface area (Å²) in [6.07, 6.45) is 1.21. The highest BCUT2D eigenvalue weighted by molar-refractivity contribution is 7.33. The number of phenolic OH excluding ortho intramolecular Hbond substituents is 1. The molecule has 2 atom stereocenters. The number of carbonyl (C=O) groups is 3. The van der Waals surface area contributed by atoms with Crippen molar-refractivity contribution in [3.8, 4) is 11.5 Å². The minimum atomic E-state index is -0.393. The highest BCUT2D eigenvalue weighted by Crippen LogP contribution is 2.33. The molecule has 0 spiro atoms. The average Bonchev–Trinajstić information content (AvgIpc) is 2.90. The molecule has 12 heteroatoms. The lowest BCUT2D eigenvalue weighted by molar-refractivity contribution is -0.145. The zero-order chi connectivity index (χ0) is 30.2. The second-order valence-electron chi connectivity index (χ2n) is 8.93. The van der Waals surface area contributed by atoms with Crippen LogP contribution in [0.1, 0.15) is 64.2 Å². The number of hydrogen-bond acceptors (Lipinski definition) is 9. The lowest BCUT2D eigenvalue weighted by Crippen LogP contribution is -2.36. The molecule has 0 heterocycles. The van der Waals surface area contributed by atoms with Crippen molar-refractivity contribution < 1.29 is 33.7 Å². The minimum absolute atomic E-state index is 0.0400. The van der Waals surface area contributed by atoms with Crippen molar-refractivity contribution >= 4 is 50.3 Å². The molecule has 3 N–H and O–H groups in total. The van der Waals surface area contributed by atoms with Crippen LogP contribution in [0.2, 0.25) is 10.0 Å². The highest BCUT2D eigenvalue weighted by Gasteiger charge is 2.16. The third-order valence-corrected chi connectivity index (χ3v) is 7.21. The van der Waals surface area contributed by atoms with Crippen LogP contribution >= 0.6 is 32.1 Å². The van der Waals surface area contributed by atoms with Crippen molar-refractivity contribution in [2.75, 3.05) is 19.8 Å². The fraction of sp³-hybridized carbons (Fsp3) is 0.464. The third kappa shape index (κ3) is 12.4. The molecular weight excluding hydrogens is 578 g/mol. The number of rotatable bonds is 14. The number of benzene rings is 2. The number of carbonyl (C=O) groups excluding carboxylic acids is 3. The summed E-state index contributed by atoms with van der Waals surface area (Å²) in [5.74, 6) is 0.374. The standard InChI is InChI=1S/C18H18Cl2O3.C10H21N2O4P/c1-11(2)14-7-12(3-4-18(14)22)8-15-16(19)9-13(10-17(15)20)23-6-5-21;1-5-15-9(13)7(3)11-17-12-8(4)10(14)16-6-2/h3-5,7,9-11,22H,6,8H2,1-2H3;7-8,11-12,17H,5-6H2,1-4H3/t;7-,8-/m.0/s1.